The van der Waals surface area contributed by atoms with Crippen molar-refractivity contribution in [2.24, 2.45) is 5.92 Å². The highest BCUT2D eigenvalue weighted by Gasteiger charge is 2.19. The van der Waals surface area contributed by atoms with Crippen LogP contribution >= 0.6 is 23.2 Å². The first-order valence-electron chi connectivity index (χ1n) is 6.93. The first kappa shape index (κ1) is 19.3. The van der Waals surface area contributed by atoms with Crippen LogP contribution in [0.4, 0.5) is 0 Å². The normalized spacial score (nSPS) is 10.5. The van der Waals surface area contributed by atoms with Crippen LogP contribution < -0.4 is 5.32 Å². The van der Waals surface area contributed by atoms with E-state index in [2.05, 4.69) is 5.32 Å². The molecule has 23 heavy (non-hydrogen) atoms. The van der Waals surface area contributed by atoms with Crippen LogP contribution in [0.25, 0.3) is 0 Å². The Morgan fingerprint density at radius 3 is 2.39 bits per heavy atom. The summed E-state index contributed by atoms with van der Waals surface area (Å²) < 4.78 is 0. The number of carbonyl (C=O) groups excluding carboxylic acids is 2. The Morgan fingerprint density at radius 2 is 1.87 bits per heavy atom. The Hall–Kier alpha value is -1.79. The summed E-state index contributed by atoms with van der Waals surface area (Å²) >= 11 is 11.6. The second-order valence-corrected chi connectivity index (χ2v) is 6.19. The minimum Gasteiger partial charge on any atom is -0.480 e. The molecule has 0 aliphatic heterocycles. The van der Waals surface area contributed by atoms with Crippen LogP contribution in [0, 0.1) is 5.92 Å². The van der Waals surface area contributed by atoms with Gasteiger partial charge in [-0.25, -0.2) is 0 Å². The SMILES string of the molecule is CC(C)CN(CC(=O)O)C(=O)CNC(=O)c1ccc(Cl)c(Cl)c1. The molecule has 0 aliphatic carbocycles. The number of amides is 2. The predicted molar refractivity (Wildman–Crippen MR) is 87.8 cm³/mol. The van der Waals surface area contributed by atoms with Crippen LogP contribution in [-0.2, 0) is 9.59 Å². The molecule has 0 fully saturated rings. The molecule has 0 saturated heterocycles. The minimum atomic E-state index is -1.10. The van der Waals surface area contributed by atoms with Gasteiger partial charge in [0.15, 0.2) is 0 Å². The molecule has 0 atom stereocenters. The van der Waals surface area contributed by atoms with Crippen molar-refractivity contribution in [3.8, 4) is 0 Å². The van der Waals surface area contributed by atoms with E-state index in [1.165, 1.54) is 23.1 Å². The summed E-state index contributed by atoms with van der Waals surface area (Å²) in [5.41, 5.74) is 0.265. The predicted octanol–water partition coefficient (Wildman–Crippen LogP) is 2.29. The molecule has 0 aliphatic rings. The fourth-order valence-corrected chi connectivity index (χ4v) is 2.16. The van der Waals surface area contributed by atoms with Gasteiger partial charge in [-0.15, -0.1) is 0 Å². The second-order valence-electron chi connectivity index (χ2n) is 5.37. The van der Waals surface area contributed by atoms with E-state index in [0.717, 1.165) is 0 Å². The van der Waals surface area contributed by atoms with Gasteiger partial charge in [0.1, 0.15) is 6.54 Å². The Morgan fingerprint density at radius 1 is 1.22 bits per heavy atom. The van der Waals surface area contributed by atoms with Crippen molar-refractivity contribution in [1.82, 2.24) is 10.2 Å². The van der Waals surface area contributed by atoms with Crippen molar-refractivity contribution in [2.45, 2.75) is 13.8 Å². The van der Waals surface area contributed by atoms with Crippen LogP contribution in [0.1, 0.15) is 24.2 Å². The fraction of sp³-hybridized carbons (Fsp3) is 0.400. The molecule has 1 rings (SSSR count). The number of nitrogens with one attached hydrogen (secondary N) is 1. The van der Waals surface area contributed by atoms with E-state index in [1.54, 1.807) is 0 Å². The molecular formula is C15H18Cl2N2O4. The first-order chi connectivity index (χ1) is 10.7. The molecule has 126 valence electrons. The van der Waals surface area contributed by atoms with Crippen LogP contribution in [-0.4, -0.2) is 47.4 Å². The minimum absolute atomic E-state index is 0.115. The number of rotatable bonds is 7. The zero-order chi connectivity index (χ0) is 17.6. The van der Waals surface area contributed by atoms with E-state index in [4.69, 9.17) is 28.3 Å². The highest BCUT2D eigenvalue weighted by molar-refractivity contribution is 6.42. The monoisotopic (exact) mass is 360 g/mol. The summed E-state index contributed by atoms with van der Waals surface area (Å²) in [4.78, 5) is 36.1. The summed E-state index contributed by atoms with van der Waals surface area (Å²) in [6, 6.07) is 4.36. The molecule has 0 spiro atoms. The quantitative estimate of drug-likeness (QED) is 0.780. The Balaban J connectivity index is 2.66. The second kappa shape index (κ2) is 8.74. The number of aliphatic carboxylic acids is 1. The summed E-state index contributed by atoms with van der Waals surface area (Å²) in [5, 5.41) is 11.9. The smallest absolute Gasteiger partial charge is 0.323 e. The van der Waals surface area contributed by atoms with Gasteiger partial charge in [-0.05, 0) is 24.1 Å². The third-order valence-corrected chi connectivity index (χ3v) is 3.59. The molecule has 0 heterocycles. The maximum absolute atomic E-state index is 12.1. The number of nitrogens with zero attached hydrogens (tertiary/aromatic N) is 1. The van der Waals surface area contributed by atoms with E-state index in [0.29, 0.717) is 11.6 Å². The number of carboxylic acid groups (broad SMARTS) is 1. The highest BCUT2D eigenvalue weighted by atomic mass is 35.5. The number of hydrogen-bond donors (Lipinski definition) is 2. The van der Waals surface area contributed by atoms with Crippen molar-refractivity contribution in [3.05, 3.63) is 33.8 Å². The zero-order valence-electron chi connectivity index (χ0n) is 12.8. The Labute approximate surface area is 144 Å². The Kier molecular flexibility index (Phi) is 7.32. The molecule has 8 heteroatoms. The van der Waals surface area contributed by atoms with Gasteiger partial charge in [-0.1, -0.05) is 37.0 Å². The molecule has 2 amide bonds. The van der Waals surface area contributed by atoms with E-state index >= 15 is 0 Å². The standard InChI is InChI=1S/C15H18Cl2N2O4/c1-9(2)7-19(8-14(21)22)13(20)6-18-15(23)10-3-4-11(16)12(17)5-10/h3-5,9H,6-8H2,1-2H3,(H,18,23)(H,21,22). The fourth-order valence-electron chi connectivity index (χ4n) is 1.87. The van der Waals surface area contributed by atoms with Crippen LogP contribution in [0.15, 0.2) is 18.2 Å². The van der Waals surface area contributed by atoms with Crippen molar-refractivity contribution in [2.75, 3.05) is 19.6 Å². The van der Waals surface area contributed by atoms with Crippen molar-refractivity contribution < 1.29 is 19.5 Å². The number of carbonyl (C=O) groups is 3. The van der Waals surface area contributed by atoms with Gasteiger partial charge in [-0.3, -0.25) is 14.4 Å². The maximum Gasteiger partial charge on any atom is 0.323 e. The van der Waals surface area contributed by atoms with Gasteiger partial charge < -0.3 is 15.3 Å². The molecule has 0 unspecified atom stereocenters. The lowest BCUT2D eigenvalue weighted by Gasteiger charge is -2.22. The number of halogens is 2. The van der Waals surface area contributed by atoms with Crippen LogP contribution in [0.2, 0.25) is 10.0 Å². The average molecular weight is 361 g/mol. The summed E-state index contributed by atoms with van der Waals surface area (Å²) in [7, 11) is 0. The molecular weight excluding hydrogens is 343 g/mol. The maximum atomic E-state index is 12.1. The van der Waals surface area contributed by atoms with Crippen LogP contribution in [0.5, 0.6) is 0 Å². The summed E-state index contributed by atoms with van der Waals surface area (Å²) in [6.45, 7) is 3.35. The third-order valence-electron chi connectivity index (χ3n) is 2.85. The molecule has 6 nitrogen and oxygen atoms in total. The average Bonchev–Trinajstić information content (AvgIpc) is 2.45. The molecule has 2 N–H and O–H groups in total. The van der Waals surface area contributed by atoms with Gasteiger partial charge in [-0.2, -0.15) is 0 Å². The third kappa shape index (κ3) is 6.46. The van der Waals surface area contributed by atoms with Crippen molar-refractivity contribution in [1.29, 1.82) is 0 Å². The molecule has 0 radical (unpaired) electrons. The largest absolute Gasteiger partial charge is 0.480 e. The number of benzene rings is 1. The van der Waals surface area contributed by atoms with Gasteiger partial charge in [0.05, 0.1) is 16.6 Å². The lowest BCUT2D eigenvalue weighted by molar-refractivity contribution is -0.144. The topological polar surface area (TPSA) is 86.7 Å². The summed E-state index contributed by atoms with van der Waals surface area (Å²) in [5.74, 6) is -1.94. The van der Waals surface area contributed by atoms with E-state index in [1.807, 2.05) is 13.8 Å². The van der Waals surface area contributed by atoms with Gasteiger partial charge in [0.25, 0.3) is 5.91 Å². The van der Waals surface area contributed by atoms with Crippen LogP contribution in [0.3, 0.4) is 0 Å². The van der Waals surface area contributed by atoms with E-state index in [9.17, 15) is 14.4 Å². The summed E-state index contributed by atoms with van der Waals surface area (Å²) in [6.07, 6.45) is 0. The molecule has 0 saturated carbocycles. The van der Waals surface area contributed by atoms with Crippen molar-refractivity contribution in [3.63, 3.8) is 0 Å². The highest BCUT2D eigenvalue weighted by Crippen LogP contribution is 2.22. The van der Waals surface area contributed by atoms with Gasteiger partial charge in [0, 0.05) is 12.1 Å². The van der Waals surface area contributed by atoms with E-state index in [-0.39, 0.29) is 23.0 Å². The Bertz CT molecular complexity index is 605. The zero-order valence-corrected chi connectivity index (χ0v) is 14.3. The van der Waals surface area contributed by atoms with Gasteiger partial charge in [0.2, 0.25) is 5.91 Å². The van der Waals surface area contributed by atoms with Crippen molar-refractivity contribution >= 4 is 41.0 Å². The van der Waals surface area contributed by atoms with E-state index < -0.39 is 24.3 Å². The number of hydrogen-bond acceptors (Lipinski definition) is 3. The molecule has 1 aromatic rings. The number of carboxylic acids is 1. The molecule has 0 bridgehead atoms. The molecule has 1 aromatic carbocycles. The first-order valence-corrected chi connectivity index (χ1v) is 7.69. The van der Waals surface area contributed by atoms with Gasteiger partial charge >= 0.3 is 5.97 Å². The lowest BCUT2D eigenvalue weighted by atomic mass is 10.2. The molecule has 0 aromatic heterocycles. The lowest BCUT2D eigenvalue weighted by Crippen LogP contribution is -2.44.